The van der Waals surface area contributed by atoms with Gasteiger partial charge >= 0.3 is 0 Å². The molecule has 2 aliphatic rings. The molecular weight excluding hydrogens is 452 g/mol. The molecule has 0 spiro atoms. The Balaban J connectivity index is 1.51. The van der Waals surface area contributed by atoms with Gasteiger partial charge in [-0.05, 0) is 67.5 Å². The molecule has 2 aliphatic heterocycles. The summed E-state index contributed by atoms with van der Waals surface area (Å²) in [5, 5.41) is 9.46. The number of piperidine rings is 1. The van der Waals surface area contributed by atoms with Crippen molar-refractivity contribution in [2.75, 3.05) is 44.7 Å². The standard InChI is InChI=1S/C29H40N4O3/c1-5-30-27-16-24(23-8-6-22(7-9-23)18-33-10-12-36-13-11-33)15-25(21(27)4)28(34)31-17-26-19(2)14-20(3)32-29(26)35/h6-9,15-16,19-20,26,30H,5,10-14,17-18H2,1-4H3,(H,31,34)(H,32,35). The Morgan fingerprint density at radius 2 is 1.83 bits per heavy atom. The first-order valence-electron chi connectivity index (χ1n) is 13.2. The molecule has 4 rings (SSSR count). The summed E-state index contributed by atoms with van der Waals surface area (Å²) in [6, 6.07) is 12.9. The Morgan fingerprint density at radius 3 is 2.50 bits per heavy atom. The number of hydrogen-bond donors (Lipinski definition) is 3. The van der Waals surface area contributed by atoms with E-state index >= 15 is 0 Å². The molecule has 3 unspecified atom stereocenters. The van der Waals surface area contributed by atoms with E-state index in [0.29, 0.717) is 12.1 Å². The molecule has 0 aromatic heterocycles. The Bertz CT molecular complexity index is 1060. The van der Waals surface area contributed by atoms with Crippen LogP contribution < -0.4 is 16.0 Å². The third-order valence-corrected chi connectivity index (χ3v) is 7.44. The number of morpholine rings is 1. The second-order valence-corrected chi connectivity index (χ2v) is 10.3. The quantitative estimate of drug-likeness (QED) is 0.522. The van der Waals surface area contributed by atoms with Crippen LogP contribution in [0, 0.1) is 18.8 Å². The van der Waals surface area contributed by atoms with Crippen LogP contribution in [0.5, 0.6) is 0 Å². The number of nitrogens with zero attached hydrogens (tertiary/aromatic N) is 1. The van der Waals surface area contributed by atoms with Gasteiger partial charge in [-0.2, -0.15) is 0 Å². The number of ether oxygens (including phenoxy) is 1. The first-order chi connectivity index (χ1) is 17.4. The van der Waals surface area contributed by atoms with Gasteiger partial charge in [-0.3, -0.25) is 14.5 Å². The summed E-state index contributed by atoms with van der Waals surface area (Å²) >= 11 is 0. The molecule has 0 radical (unpaired) electrons. The maximum absolute atomic E-state index is 13.3. The number of carbonyl (C=O) groups excluding carboxylic acids is 2. The summed E-state index contributed by atoms with van der Waals surface area (Å²) in [6.07, 6.45) is 0.924. The molecule has 2 aromatic carbocycles. The number of benzene rings is 2. The highest BCUT2D eigenvalue weighted by atomic mass is 16.5. The number of hydrogen-bond acceptors (Lipinski definition) is 5. The van der Waals surface area contributed by atoms with E-state index in [-0.39, 0.29) is 29.7 Å². The van der Waals surface area contributed by atoms with Gasteiger partial charge in [0.2, 0.25) is 5.91 Å². The van der Waals surface area contributed by atoms with Crippen molar-refractivity contribution in [2.24, 2.45) is 11.8 Å². The molecular formula is C29H40N4O3. The topological polar surface area (TPSA) is 82.7 Å². The van der Waals surface area contributed by atoms with E-state index in [1.54, 1.807) is 0 Å². The fraction of sp³-hybridized carbons (Fsp3) is 0.517. The summed E-state index contributed by atoms with van der Waals surface area (Å²) in [7, 11) is 0. The molecule has 3 N–H and O–H groups in total. The summed E-state index contributed by atoms with van der Waals surface area (Å²) in [6.45, 7) is 13.7. The van der Waals surface area contributed by atoms with Crippen molar-refractivity contribution in [3.63, 3.8) is 0 Å². The van der Waals surface area contributed by atoms with Crippen molar-refractivity contribution in [3.05, 3.63) is 53.1 Å². The highest BCUT2D eigenvalue weighted by Crippen LogP contribution is 2.30. The third-order valence-electron chi connectivity index (χ3n) is 7.44. The minimum atomic E-state index is -0.208. The summed E-state index contributed by atoms with van der Waals surface area (Å²) in [5.74, 6) is -0.0933. The Morgan fingerprint density at radius 1 is 1.11 bits per heavy atom. The first kappa shape index (κ1) is 26.2. The molecule has 2 fully saturated rings. The van der Waals surface area contributed by atoms with Crippen LogP contribution >= 0.6 is 0 Å². The average Bonchev–Trinajstić information content (AvgIpc) is 2.86. The van der Waals surface area contributed by atoms with Gasteiger partial charge in [0.15, 0.2) is 0 Å². The van der Waals surface area contributed by atoms with E-state index in [0.717, 1.165) is 68.2 Å². The number of rotatable bonds is 8. The Labute approximate surface area is 215 Å². The molecule has 36 heavy (non-hydrogen) atoms. The van der Waals surface area contributed by atoms with Crippen LogP contribution in [-0.4, -0.2) is 62.1 Å². The van der Waals surface area contributed by atoms with Gasteiger partial charge in [0.05, 0.1) is 19.1 Å². The second-order valence-electron chi connectivity index (χ2n) is 10.3. The van der Waals surface area contributed by atoms with Gasteiger partial charge in [0.1, 0.15) is 0 Å². The lowest BCUT2D eigenvalue weighted by Gasteiger charge is -2.32. The summed E-state index contributed by atoms with van der Waals surface area (Å²) in [5.41, 5.74) is 5.84. The van der Waals surface area contributed by atoms with Crippen molar-refractivity contribution < 1.29 is 14.3 Å². The maximum atomic E-state index is 13.3. The van der Waals surface area contributed by atoms with E-state index in [4.69, 9.17) is 4.74 Å². The Hall–Kier alpha value is -2.90. The molecule has 0 saturated carbocycles. The minimum Gasteiger partial charge on any atom is -0.385 e. The predicted octanol–water partition coefficient (Wildman–Crippen LogP) is 3.82. The van der Waals surface area contributed by atoms with Crippen LogP contribution in [-0.2, 0) is 16.1 Å². The molecule has 0 aliphatic carbocycles. The lowest BCUT2D eigenvalue weighted by Crippen LogP contribution is -2.50. The van der Waals surface area contributed by atoms with Crippen LogP contribution in [0.25, 0.3) is 11.1 Å². The van der Waals surface area contributed by atoms with Crippen LogP contribution in [0.1, 0.15) is 48.7 Å². The lowest BCUT2D eigenvalue weighted by molar-refractivity contribution is -0.129. The van der Waals surface area contributed by atoms with Gasteiger partial charge in [0.25, 0.3) is 5.91 Å². The molecule has 2 aromatic rings. The summed E-state index contributed by atoms with van der Waals surface area (Å²) < 4.78 is 5.45. The van der Waals surface area contributed by atoms with Crippen LogP contribution in [0.4, 0.5) is 5.69 Å². The highest BCUT2D eigenvalue weighted by molar-refractivity contribution is 5.99. The van der Waals surface area contributed by atoms with Gasteiger partial charge in [-0.1, -0.05) is 31.2 Å². The van der Waals surface area contributed by atoms with Crippen molar-refractivity contribution in [1.29, 1.82) is 0 Å². The predicted molar refractivity (Wildman–Crippen MR) is 144 cm³/mol. The van der Waals surface area contributed by atoms with Crippen molar-refractivity contribution in [1.82, 2.24) is 15.5 Å². The van der Waals surface area contributed by atoms with Crippen molar-refractivity contribution >= 4 is 17.5 Å². The SMILES string of the molecule is CCNc1cc(-c2ccc(CN3CCOCC3)cc2)cc(C(=O)NCC2C(=O)NC(C)CC2C)c1C. The zero-order chi connectivity index (χ0) is 25.7. The first-order valence-corrected chi connectivity index (χ1v) is 13.2. The average molecular weight is 493 g/mol. The van der Waals surface area contributed by atoms with E-state index < -0.39 is 0 Å². The monoisotopic (exact) mass is 492 g/mol. The third kappa shape index (κ3) is 6.26. The number of carbonyl (C=O) groups is 2. The Kier molecular flexibility index (Phi) is 8.64. The second kappa shape index (κ2) is 11.9. The zero-order valence-electron chi connectivity index (χ0n) is 22.0. The minimum absolute atomic E-state index is 0.0255. The lowest BCUT2D eigenvalue weighted by atomic mass is 9.84. The van der Waals surface area contributed by atoms with Gasteiger partial charge < -0.3 is 20.7 Å². The van der Waals surface area contributed by atoms with Gasteiger partial charge in [0, 0.05) is 50.0 Å². The fourth-order valence-corrected chi connectivity index (χ4v) is 5.29. The molecule has 7 nitrogen and oxygen atoms in total. The van der Waals surface area contributed by atoms with E-state index in [1.807, 2.05) is 19.9 Å². The van der Waals surface area contributed by atoms with Gasteiger partial charge in [-0.25, -0.2) is 0 Å². The normalized spacial score (nSPS) is 22.7. The van der Waals surface area contributed by atoms with Crippen molar-refractivity contribution in [3.8, 4) is 11.1 Å². The smallest absolute Gasteiger partial charge is 0.251 e. The number of amides is 2. The fourth-order valence-electron chi connectivity index (χ4n) is 5.29. The van der Waals surface area contributed by atoms with Crippen LogP contribution in [0.3, 0.4) is 0 Å². The largest absolute Gasteiger partial charge is 0.385 e. The molecule has 2 saturated heterocycles. The number of anilines is 1. The van der Waals surface area contributed by atoms with E-state index in [9.17, 15) is 9.59 Å². The van der Waals surface area contributed by atoms with Crippen LogP contribution in [0.15, 0.2) is 36.4 Å². The van der Waals surface area contributed by atoms with Crippen molar-refractivity contribution in [2.45, 2.75) is 46.7 Å². The maximum Gasteiger partial charge on any atom is 0.251 e. The molecule has 2 amide bonds. The molecule has 2 heterocycles. The van der Waals surface area contributed by atoms with Crippen LogP contribution in [0.2, 0.25) is 0 Å². The molecule has 7 heteroatoms. The van der Waals surface area contributed by atoms with E-state index in [2.05, 4.69) is 65.0 Å². The summed E-state index contributed by atoms with van der Waals surface area (Å²) in [4.78, 5) is 28.2. The number of nitrogens with one attached hydrogen (secondary N) is 3. The zero-order valence-corrected chi connectivity index (χ0v) is 22.0. The van der Waals surface area contributed by atoms with E-state index in [1.165, 1.54) is 5.56 Å². The molecule has 3 atom stereocenters. The van der Waals surface area contributed by atoms with Gasteiger partial charge in [-0.15, -0.1) is 0 Å². The highest BCUT2D eigenvalue weighted by Gasteiger charge is 2.32. The molecule has 0 bridgehead atoms. The molecule has 194 valence electrons.